The van der Waals surface area contributed by atoms with Crippen LogP contribution in [0.3, 0.4) is 0 Å². The number of amides is 1. The first-order chi connectivity index (χ1) is 10.1. The normalized spacial score (nSPS) is 14.9. The van der Waals surface area contributed by atoms with Crippen molar-refractivity contribution >= 4 is 21.8 Å². The monoisotopic (exact) mass is 353 g/mol. The summed E-state index contributed by atoms with van der Waals surface area (Å²) in [4.78, 5) is 14.7. The molecule has 0 aliphatic heterocycles. The molecule has 1 aliphatic rings. The fraction of sp³-hybridized carbons (Fsp3) is 0.588. The van der Waals surface area contributed by atoms with Crippen molar-refractivity contribution in [2.75, 3.05) is 11.9 Å². The molecule has 3 nitrogen and oxygen atoms in total. The van der Waals surface area contributed by atoms with Gasteiger partial charge >= 0.3 is 0 Å². The maximum atomic E-state index is 12.7. The molecule has 0 heterocycles. The molecule has 116 valence electrons. The second-order valence-corrected chi connectivity index (χ2v) is 6.61. The Kier molecular flexibility index (Phi) is 6.09. The Morgan fingerprint density at radius 3 is 2.48 bits per heavy atom. The number of hydrogen-bond acceptors (Lipinski definition) is 2. The molecule has 0 bridgehead atoms. The van der Waals surface area contributed by atoms with E-state index in [2.05, 4.69) is 15.9 Å². The molecule has 0 spiro atoms. The molecule has 1 saturated carbocycles. The zero-order chi connectivity index (χ0) is 15.2. The van der Waals surface area contributed by atoms with Crippen molar-refractivity contribution in [3.05, 3.63) is 29.8 Å². The van der Waals surface area contributed by atoms with Gasteiger partial charge in [-0.2, -0.15) is 0 Å². The molecule has 1 aromatic carbocycles. The average Bonchev–Trinajstić information content (AvgIpc) is 2.40. The summed E-state index contributed by atoms with van der Waals surface area (Å²) in [5, 5.41) is 0.935. The molecular weight excluding hydrogens is 330 g/mol. The van der Waals surface area contributed by atoms with E-state index in [1.165, 1.54) is 6.42 Å². The van der Waals surface area contributed by atoms with Gasteiger partial charge in [0, 0.05) is 23.5 Å². The Balaban J connectivity index is 2.04. The number of ether oxygens (including phenoxy) is 1. The van der Waals surface area contributed by atoms with Crippen LogP contribution < -0.4 is 4.74 Å². The molecule has 1 fully saturated rings. The lowest BCUT2D eigenvalue weighted by atomic mass is 9.91. The second-order valence-electron chi connectivity index (χ2n) is 5.82. The van der Waals surface area contributed by atoms with Crippen molar-refractivity contribution in [2.24, 2.45) is 0 Å². The highest BCUT2D eigenvalue weighted by molar-refractivity contribution is 9.09. The van der Waals surface area contributed by atoms with Crippen LogP contribution in [0.4, 0.5) is 0 Å². The molecule has 0 saturated heterocycles. The molecular formula is C17H24BrNO2. The summed E-state index contributed by atoms with van der Waals surface area (Å²) in [5.74, 6) is 0.967. The minimum Gasteiger partial charge on any atom is -0.491 e. The van der Waals surface area contributed by atoms with Crippen LogP contribution in [0, 0.1) is 0 Å². The number of alkyl halides is 1. The lowest BCUT2D eigenvalue weighted by molar-refractivity contribution is 0.0581. The van der Waals surface area contributed by atoms with E-state index in [1.807, 2.05) is 43.0 Å². The Morgan fingerprint density at radius 2 is 2.00 bits per heavy atom. The highest BCUT2D eigenvalue weighted by Crippen LogP contribution is 2.27. The van der Waals surface area contributed by atoms with Gasteiger partial charge in [-0.25, -0.2) is 0 Å². The van der Waals surface area contributed by atoms with Gasteiger partial charge in [-0.1, -0.05) is 15.9 Å². The molecule has 21 heavy (non-hydrogen) atoms. The maximum absolute atomic E-state index is 12.7. The molecule has 1 aliphatic carbocycles. The van der Waals surface area contributed by atoms with Crippen LogP contribution in [0.2, 0.25) is 0 Å². The van der Waals surface area contributed by atoms with E-state index in [-0.39, 0.29) is 12.0 Å². The highest BCUT2D eigenvalue weighted by atomic mass is 79.9. The number of carbonyl (C=O) groups is 1. The smallest absolute Gasteiger partial charge is 0.254 e. The Morgan fingerprint density at radius 1 is 1.33 bits per heavy atom. The summed E-state index contributed by atoms with van der Waals surface area (Å²) in [7, 11) is 0. The number of carbonyl (C=O) groups excluding carboxylic acids is 1. The van der Waals surface area contributed by atoms with Gasteiger partial charge in [0.15, 0.2) is 0 Å². The zero-order valence-electron chi connectivity index (χ0n) is 12.8. The molecule has 1 aromatic rings. The van der Waals surface area contributed by atoms with E-state index < -0.39 is 0 Å². The number of hydrogen-bond donors (Lipinski definition) is 0. The van der Waals surface area contributed by atoms with Gasteiger partial charge in [-0.3, -0.25) is 4.79 Å². The van der Waals surface area contributed by atoms with E-state index in [1.54, 1.807) is 0 Å². The Bertz CT molecular complexity index is 454. The molecule has 0 radical (unpaired) electrons. The van der Waals surface area contributed by atoms with Crippen LogP contribution in [0.15, 0.2) is 24.3 Å². The topological polar surface area (TPSA) is 29.5 Å². The predicted molar refractivity (Wildman–Crippen MR) is 89.3 cm³/mol. The van der Waals surface area contributed by atoms with Crippen LogP contribution >= 0.6 is 15.9 Å². The molecule has 1 amide bonds. The number of halogens is 1. The van der Waals surface area contributed by atoms with Crippen molar-refractivity contribution in [1.82, 2.24) is 4.90 Å². The van der Waals surface area contributed by atoms with Crippen molar-refractivity contribution < 1.29 is 9.53 Å². The lowest BCUT2D eigenvalue weighted by Crippen LogP contribution is -2.44. The van der Waals surface area contributed by atoms with Crippen LogP contribution in [-0.2, 0) is 0 Å². The van der Waals surface area contributed by atoms with E-state index >= 15 is 0 Å². The van der Waals surface area contributed by atoms with Crippen LogP contribution in [0.25, 0.3) is 0 Å². The predicted octanol–water partition coefficient (Wildman–Crippen LogP) is 4.25. The summed E-state index contributed by atoms with van der Waals surface area (Å²) in [6.07, 6.45) is 4.67. The van der Waals surface area contributed by atoms with Gasteiger partial charge in [0.2, 0.25) is 0 Å². The highest BCUT2D eigenvalue weighted by Gasteiger charge is 2.28. The molecule has 0 unspecified atom stereocenters. The lowest BCUT2D eigenvalue weighted by Gasteiger charge is -2.37. The van der Waals surface area contributed by atoms with Crippen LogP contribution in [-0.4, -0.2) is 34.8 Å². The third-order valence-corrected chi connectivity index (χ3v) is 4.34. The van der Waals surface area contributed by atoms with Gasteiger partial charge in [-0.05, 0) is 63.8 Å². The molecule has 2 rings (SSSR count). The molecule has 0 N–H and O–H groups in total. The standard InChI is InChI=1S/C17H24BrNO2/c1-13(2)21-16-9-7-14(8-10-16)17(20)19(12-4-11-18)15-5-3-6-15/h7-10,13,15H,3-6,11-12H2,1-2H3. The zero-order valence-corrected chi connectivity index (χ0v) is 14.4. The van der Waals surface area contributed by atoms with E-state index in [0.29, 0.717) is 6.04 Å². The summed E-state index contributed by atoms with van der Waals surface area (Å²) < 4.78 is 5.62. The first kappa shape index (κ1) is 16.3. The van der Waals surface area contributed by atoms with Gasteiger partial charge in [0.25, 0.3) is 5.91 Å². The van der Waals surface area contributed by atoms with E-state index in [0.717, 1.165) is 42.5 Å². The van der Waals surface area contributed by atoms with Crippen molar-refractivity contribution in [3.8, 4) is 5.75 Å². The Hall–Kier alpha value is -1.03. The summed E-state index contributed by atoms with van der Waals surface area (Å²) in [6.45, 7) is 4.83. The van der Waals surface area contributed by atoms with Crippen molar-refractivity contribution in [2.45, 2.75) is 51.7 Å². The van der Waals surface area contributed by atoms with Crippen LogP contribution in [0.1, 0.15) is 49.9 Å². The number of nitrogens with zero attached hydrogens (tertiary/aromatic N) is 1. The number of rotatable bonds is 7. The molecule has 0 aromatic heterocycles. The summed E-state index contributed by atoms with van der Waals surface area (Å²) in [5.41, 5.74) is 0.757. The van der Waals surface area contributed by atoms with Crippen LogP contribution in [0.5, 0.6) is 5.75 Å². The fourth-order valence-corrected chi connectivity index (χ4v) is 2.74. The van der Waals surface area contributed by atoms with E-state index in [4.69, 9.17) is 4.74 Å². The minimum absolute atomic E-state index is 0.150. The van der Waals surface area contributed by atoms with Gasteiger partial charge in [-0.15, -0.1) is 0 Å². The first-order valence-electron chi connectivity index (χ1n) is 7.75. The number of benzene rings is 1. The third kappa shape index (κ3) is 4.47. The summed E-state index contributed by atoms with van der Waals surface area (Å²) in [6, 6.07) is 7.95. The first-order valence-corrected chi connectivity index (χ1v) is 8.87. The van der Waals surface area contributed by atoms with Gasteiger partial charge in [0.1, 0.15) is 5.75 Å². The maximum Gasteiger partial charge on any atom is 0.254 e. The molecule has 4 heteroatoms. The average molecular weight is 354 g/mol. The van der Waals surface area contributed by atoms with E-state index in [9.17, 15) is 4.79 Å². The Labute approximate surface area is 135 Å². The summed E-state index contributed by atoms with van der Waals surface area (Å²) >= 11 is 3.45. The second kappa shape index (κ2) is 7.83. The van der Waals surface area contributed by atoms with Gasteiger partial charge in [0.05, 0.1) is 6.10 Å². The fourth-order valence-electron chi connectivity index (χ4n) is 2.49. The molecule has 0 atom stereocenters. The SMILES string of the molecule is CC(C)Oc1ccc(C(=O)N(CCCBr)C2CCC2)cc1. The quantitative estimate of drug-likeness (QED) is 0.685. The van der Waals surface area contributed by atoms with Crippen molar-refractivity contribution in [1.29, 1.82) is 0 Å². The van der Waals surface area contributed by atoms with Crippen molar-refractivity contribution in [3.63, 3.8) is 0 Å². The minimum atomic E-state index is 0.150. The largest absolute Gasteiger partial charge is 0.491 e. The third-order valence-electron chi connectivity index (χ3n) is 3.78. The van der Waals surface area contributed by atoms with Gasteiger partial charge < -0.3 is 9.64 Å².